The zero-order valence-electron chi connectivity index (χ0n) is 16.6. The van der Waals surface area contributed by atoms with Gasteiger partial charge in [-0.2, -0.15) is 0 Å². The highest BCUT2D eigenvalue weighted by Gasteiger charge is 2.41. The number of methoxy groups -OCH3 is 1. The molecule has 0 unspecified atom stereocenters. The van der Waals surface area contributed by atoms with E-state index in [9.17, 15) is 0 Å². The Hall–Kier alpha value is -1.84. The lowest BCUT2D eigenvalue weighted by molar-refractivity contribution is 0.202. The molecule has 0 saturated heterocycles. The maximum atomic E-state index is 6.15. The van der Waals surface area contributed by atoms with Crippen LogP contribution in [0.5, 0.6) is 0 Å². The molecule has 4 rings (SSSR count). The molecule has 0 aromatic heterocycles. The number of benzene rings is 2. The minimum Gasteiger partial charge on any atom is -0.384 e. The molecule has 148 valence electrons. The number of amidine groups is 1. The first kappa shape index (κ1) is 19.5. The number of hydrogen-bond acceptors (Lipinski definition) is 2. The van der Waals surface area contributed by atoms with E-state index < -0.39 is 0 Å². The lowest BCUT2D eigenvalue weighted by Crippen LogP contribution is -2.43. The second kappa shape index (κ2) is 8.67. The van der Waals surface area contributed by atoms with Crippen molar-refractivity contribution in [3.8, 4) is 0 Å². The number of fused-ring (bicyclic) bond motifs is 1. The van der Waals surface area contributed by atoms with Gasteiger partial charge in [0.05, 0.1) is 13.2 Å². The molecule has 2 aromatic rings. The van der Waals surface area contributed by atoms with Crippen LogP contribution in [-0.4, -0.2) is 19.6 Å². The number of halogens is 1. The first-order chi connectivity index (χ1) is 13.7. The molecule has 1 heterocycles. The van der Waals surface area contributed by atoms with Gasteiger partial charge in [-0.05, 0) is 60.6 Å². The summed E-state index contributed by atoms with van der Waals surface area (Å²) in [4.78, 5) is 5.07. The van der Waals surface area contributed by atoms with Gasteiger partial charge in [-0.1, -0.05) is 55.1 Å². The fourth-order valence-corrected chi connectivity index (χ4v) is 4.87. The summed E-state index contributed by atoms with van der Waals surface area (Å²) in [6.45, 7) is 1.44. The number of hydrogen-bond donors (Lipinski definition) is 1. The van der Waals surface area contributed by atoms with E-state index in [1.165, 1.54) is 54.8 Å². The Labute approximate surface area is 173 Å². The SMILES string of the molecule is COCCc1ccc2c(c1)CC1(CCCCC1)C(=NCc1cccc(Cl)c1)N2. The van der Waals surface area contributed by atoms with Gasteiger partial charge in [0, 0.05) is 23.2 Å². The van der Waals surface area contributed by atoms with Crippen LogP contribution in [0.3, 0.4) is 0 Å². The third-order valence-electron chi connectivity index (χ3n) is 6.17. The molecule has 1 aliphatic carbocycles. The van der Waals surface area contributed by atoms with Crippen molar-refractivity contribution in [1.82, 2.24) is 0 Å². The number of anilines is 1. The lowest BCUT2D eigenvalue weighted by atomic mass is 9.67. The summed E-state index contributed by atoms with van der Waals surface area (Å²) in [5, 5.41) is 4.49. The first-order valence-corrected chi connectivity index (χ1v) is 10.7. The molecule has 3 nitrogen and oxygen atoms in total. The summed E-state index contributed by atoms with van der Waals surface area (Å²) in [6.07, 6.45) is 8.40. The number of ether oxygens (including phenoxy) is 1. The van der Waals surface area contributed by atoms with Gasteiger partial charge in [-0.3, -0.25) is 4.99 Å². The van der Waals surface area contributed by atoms with Crippen molar-refractivity contribution in [2.75, 3.05) is 19.0 Å². The van der Waals surface area contributed by atoms with Crippen LogP contribution in [0.25, 0.3) is 0 Å². The second-order valence-electron chi connectivity index (χ2n) is 8.17. The summed E-state index contributed by atoms with van der Waals surface area (Å²) in [5.74, 6) is 1.17. The number of aliphatic imine (C=N–C) groups is 1. The van der Waals surface area contributed by atoms with Crippen molar-refractivity contribution in [1.29, 1.82) is 0 Å². The highest BCUT2D eigenvalue weighted by Crippen LogP contribution is 2.45. The molecule has 2 aliphatic rings. The van der Waals surface area contributed by atoms with Gasteiger partial charge in [-0.15, -0.1) is 0 Å². The number of nitrogens with one attached hydrogen (secondary N) is 1. The fraction of sp³-hybridized carbons (Fsp3) is 0.458. The zero-order valence-corrected chi connectivity index (χ0v) is 17.4. The van der Waals surface area contributed by atoms with E-state index in [0.29, 0.717) is 6.54 Å². The zero-order chi connectivity index (χ0) is 19.4. The molecule has 1 spiro atoms. The van der Waals surface area contributed by atoms with E-state index in [-0.39, 0.29) is 5.41 Å². The molecule has 0 radical (unpaired) electrons. The predicted octanol–water partition coefficient (Wildman–Crippen LogP) is 6.05. The quantitative estimate of drug-likeness (QED) is 0.667. The van der Waals surface area contributed by atoms with E-state index in [0.717, 1.165) is 30.0 Å². The summed E-state index contributed by atoms with van der Waals surface area (Å²) < 4.78 is 5.25. The van der Waals surface area contributed by atoms with Gasteiger partial charge in [0.2, 0.25) is 0 Å². The van der Waals surface area contributed by atoms with Crippen molar-refractivity contribution in [3.63, 3.8) is 0 Å². The third-order valence-corrected chi connectivity index (χ3v) is 6.40. The maximum Gasteiger partial charge on any atom is 0.108 e. The summed E-state index contributed by atoms with van der Waals surface area (Å²) in [6, 6.07) is 14.8. The average Bonchev–Trinajstić information content (AvgIpc) is 2.71. The highest BCUT2D eigenvalue weighted by atomic mass is 35.5. The minimum absolute atomic E-state index is 0.156. The molecule has 1 saturated carbocycles. The highest BCUT2D eigenvalue weighted by molar-refractivity contribution is 6.30. The van der Waals surface area contributed by atoms with Gasteiger partial charge >= 0.3 is 0 Å². The average molecular weight is 397 g/mol. The monoisotopic (exact) mass is 396 g/mol. The molecule has 0 bridgehead atoms. The molecular weight excluding hydrogens is 368 g/mol. The predicted molar refractivity (Wildman–Crippen MR) is 117 cm³/mol. The van der Waals surface area contributed by atoms with Gasteiger partial charge in [0.15, 0.2) is 0 Å². The van der Waals surface area contributed by atoms with Crippen molar-refractivity contribution < 1.29 is 4.74 Å². The van der Waals surface area contributed by atoms with Crippen LogP contribution in [0.4, 0.5) is 5.69 Å². The van der Waals surface area contributed by atoms with E-state index in [1.807, 2.05) is 18.2 Å². The first-order valence-electron chi connectivity index (χ1n) is 10.4. The molecule has 4 heteroatoms. The number of nitrogens with zero attached hydrogens (tertiary/aromatic N) is 1. The Kier molecular flexibility index (Phi) is 6.03. The summed E-state index contributed by atoms with van der Waals surface area (Å²) in [5.41, 5.74) is 5.31. The topological polar surface area (TPSA) is 33.6 Å². The van der Waals surface area contributed by atoms with Gasteiger partial charge in [0.1, 0.15) is 5.84 Å². The molecular formula is C24H29ClN2O. The molecule has 0 atom stereocenters. The van der Waals surface area contributed by atoms with Crippen molar-refractivity contribution in [2.45, 2.75) is 51.5 Å². The fourth-order valence-electron chi connectivity index (χ4n) is 4.65. The molecule has 1 fully saturated rings. The van der Waals surface area contributed by atoms with Crippen LogP contribution in [0.2, 0.25) is 5.02 Å². The van der Waals surface area contributed by atoms with E-state index in [2.05, 4.69) is 29.6 Å². The van der Waals surface area contributed by atoms with Crippen molar-refractivity contribution in [3.05, 3.63) is 64.2 Å². The number of rotatable bonds is 5. The van der Waals surface area contributed by atoms with Crippen LogP contribution in [0.15, 0.2) is 47.5 Å². The normalized spacial score (nSPS) is 19.4. The van der Waals surface area contributed by atoms with Crippen LogP contribution < -0.4 is 5.32 Å². The Bertz CT molecular complexity index is 855. The maximum absolute atomic E-state index is 6.15. The molecule has 2 aromatic carbocycles. The Morgan fingerprint density at radius 3 is 2.71 bits per heavy atom. The van der Waals surface area contributed by atoms with Crippen LogP contribution >= 0.6 is 11.6 Å². The Balaban J connectivity index is 1.62. The van der Waals surface area contributed by atoms with Crippen LogP contribution in [0.1, 0.15) is 48.8 Å². The third kappa shape index (κ3) is 4.26. The van der Waals surface area contributed by atoms with Crippen molar-refractivity contribution >= 4 is 23.1 Å². The van der Waals surface area contributed by atoms with E-state index in [4.69, 9.17) is 21.3 Å². The Morgan fingerprint density at radius 1 is 1.07 bits per heavy atom. The molecule has 28 heavy (non-hydrogen) atoms. The molecule has 1 N–H and O–H groups in total. The van der Waals surface area contributed by atoms with Crippen molar-refractivity contribution in [2.24, 2.45) is 10.4 Å². The second-order valence-corrected chi connectivity index (χ2v) is 8.61. The lowest BCUT2D eigenvalue weighted by Gasteiger charge is -2.43. The van der Waals surface area contributed by atoms with Gasteiger partial charge in [-0.25, -0.2) is 0 Å². The molecule has 1 aliphatic heterocycles. The summed E-state index contributed by atoms with van der Waals surface area (Å²) >= 11 is 6.15. The van der Waals surface area contributed by atoms with E-state index in [1.54, 1.807) is 7.11 Å². The standard InChI is InChI=1S/C24H29ClN2O/c1-28-13-10-18-8-9-22-20(14-18)16-24(11-3-2-4-12-24)23(27-22)26-17-19-6-5-7-21(25)15-19/h5-9,14-15H,2-4,10-13,16-17H2,1H3,(H,26,27). The van der Waals surface area contributed by atoms with E-state index >= 15 is 0 Å². The van der Waals surface area contributed by atoms with Crippen LogP contribution in [0, 0.1) is 5.41 Å². The molecule has 0 amide bonds. The largest absolute Gasteiger partial charge is 0.384 e. The van der Waals surface area contributed by atoms with Crippen LogP contribution in [-0.2, 0) is 24.1 Å². The minimum atomic E-state index is 0.156. The summed E-state index contributed by atoms with van der Waals surface area (Å²) in [7, 11) is 1.76. The van der Waals surface area contributed by atoms with Gasteiger partial charge in [0.25, 0.3) is 0 Å². The smallest absolute Gasteiger partial charge is 0.108 e. The van der Waals surface area contributed by atoms with Gasteiger partial charge < -0.3 is 10.1 Å². The Morgan fingerprint density at radius 2 is 1.93 bits per heavy atom.